The standard InChI is InChI=1S/C19H28FN3O3/c1-13-3-4-14(9-17(13)20)12-22-19(25)15-5-7-23(8-6-15)18(24)10-16(11-21)26-2/h3-4,9,15-16H,5-8,10-12,21H2,1-2H3,(H,22,25). The third-order valence-corrected chi connectivity index (χ3v) is 4.92. The molecule has 0 bridgehead atoms. The van der Waals surface area contributed by atoms with E-state index in [1.807, 2.05) is 6.07 Å². The van der Waals surface area contributed by atoms with Gasteiger partial charge in [-0.25, -0.2) is 4.39 Å². The number of benzene rings is 1. The van der Waals surface area contributed by atoms with Gasteiger partial charge in [0.25, 0.3) is 0 Å². The molecule has 2 rings (SSSR count). The van der Waals surface area contributed by atoms with Gasteiger partial charge in [-0.1, -0.05) is 12.1 Å². The minimum Gasteiger partial charge on any atom is -0.380 e. The average molecular weight is 365 g/mol. The topological polar surface area (TPSA) is 84.7 Å². The van der Waals surface area contributed by atoms with E-state index >= 15 is 0 Å². The molecule has 0 saturated carbocycles. The number of methoxy groups -OCH3 is 1. The average Bonchev–Trinajstić information content (AvgIpc) is 2.66. The second-order valence-corrected chi connectivity index (χ2v) is 6.75. The number of piperidine rings is 1. The Bertz CT molecular complexity index is 626. The summed E-state index contributed by atoms with van der Waals surface area (Å²) in [6.45, 7) is 3.42. The first-order valence-electron chi connectivity index (χ1n) is 8.98. The summed E-state index contributed by atoms with van der Waals surface area (Å²) in [5.74, 6) is -0.427. The number of ether oxygens (including phenoxy) is 1. The second-order valence-electron chi connectivity index (χ2n) is 6.75. The number of likely N-dealkylation sites (tertiary alicyclic amines) is 1. The molecule has 1 aromatic rings. The molecule has 3 N–H and O–H groups in total. The Morgan fingerprint density at radius 3 is 2.65 bits per heavy atom. The number of nitrogens with one attached hydrogen (secondary N) is 1. The molecule has 7 heteroatoms. The first-order valence-corrected chi connectivity index (χ1v) is 8.98. The van der Waals surface area contributed by atoms with Crippen molar-refractivity contribution in [2.75, 3.05) is 26.7 Å². The highest BCUT2D eigenvalue weighted by molar-refractivity contribution is 5.80. The van der Waals surface area contributed by atoms with Gasteiger partial charge >= 0.3 is 0 Å². The number of nitrogens with zero attached hydrogens (tertiary/aromatic N) is 1. The van der Waals surface area contributed by atoms with Crippen LogP contribution in [-0.4, -0.2) is 49.6 Å². The largest absolute Gasteiger partial charge is 0.380 e. The summed E-state index contributed by atoms with van der Waals surface area (Å²) < 4.78 is 18.7. The molecule has 1 saturated heterocycles. The van der Waals surface area contributed by atoms with E-state index in [1.54, 1.807) is 25.0 Å². The molecule has 0 aliphatic carbocycles. The van der Waals surface area contributed by atoms with Crippen molar-refractivity contribution >= 4 is 11.8 Å². The Labute approximate surface area is 153 Å². The van der Waals surface area contributed by atoms with Crippen molar-refractivity contribution in [2.24, 2.45) is 11.7 Å². The predicted octanol–water partition coefficient (Wildman–Crippen LogP) is 1.35. The molecular weight excluding hydrogens is 337 g/mol. The van der Waals surface area contributed by atoms with Crippen LogP contribution in [0.15, 0.2) is 18.2 Å². The van der Waals surface area contributed by atoms with Crippen LogP contribution in [0.3, 0.4) is 0 Å². The van der Waals surface area contributed by atoms with Crippen LogP contribution in [-0.2, 0) is 20.9 Å². The summed E-state index contributed by atoms with van der Waals surface area (Å²) in [5, 5.41) is 2.86. The Balaban J connectivity index is 1.77. The molecule has 0 spiro atoms. The first-order chi connectivity index (χ1) is 12.4. The van der Waals surface area contributed by atoms with Gasteiger partial charge in [0.15, 0.2) is 0 Å². The zero-order valence-corrected chi connectivity index (χ0v) is 15.5. The zero-order valence-electron chi connectivity index (χ0n) is 15.5. The highest BCUT2D eigenvalue weighted by Gasteiger charge is 2.28. The predicted molar refractivity (Wildman–Crippen MR) is 96.8 cm³/mol. The van der Waals surface area contributed by atoms with E-state index in [9.17, 15) is 14.0 Å². The number of amides is 2. The van der Waals surface area contributed by atoms with Crippen LogP contribution in [0.25, 0.3) is 0 Å². The smallest absolute Gasteiger partial charge is 0.225 e. The molecule has 1 atom stereocenters. The number of rotatable bonds is 7. The van der Waals surface area contributed by atoms with Gasteiger partial charge in [0.05, 0.1) is 12.5 Å². The Morgan fingerprint density at radius 1 is 1.38 bits per heavy atom. The fourth-order valence-corrected chi connectivity index (χ4v) is 3.06. The third-order valence-electron chi connectivity index (χ3n) is 4.92. The number of carbonyl (C=O) groups excluding carboxylic acids is 2. The van der Waals surface area contributed by atoms with E-state index in [0.29, 0.717) is 44.6 Å². The number of nitrogens with two attached hydrogens (primary N) is 1. The highest BCUT2D eigenvalue weighted by Crippen LogP contribution is 2.19. The second kappa shape index (κ2) is 9.64. The molecule has 144 valence electrons. The minimum absolute atomic E-state index is 0.0105. The summed E-state index contributed by atoms with van der Waals surface area (Å²) >= 11 is 0. The number of aryl methyl sites for hydroxylation is 1. The fourth-order valence-electron chi connectivity index (χ4n) is 3.06. The summed E-state index contributed by atoms with van der Waals surface area (Å²) in [6, 6.07) is 4.96. The lowest BCUT2D eigenvalue weighted by molar-refractivity contribution is -0.137. The molecule has 0 aromatic heterocycles. The summed E-state index contributed by atoms with van der Waals surface area (Å²) in [6.07, 6.45) is 1.25. The van der Waals surface area contributed by atoms with Gasteiger partial charge in [0.2, 0.25) is 11.8 Å². The van der Waals surface area contributed by atoms with Crippen LogP contribution < -0.4 is 11.1 Å². The molecule has 26 heavy (non-hydrogen) atoms. The number of hydrogen-bond acceptors (Lipinski definition) is 4. The van der Waals surface area contributed by atoms with Crippen molar-refractivity contribution in [1.82, 2.24) is 10.2 Å². The number of hydrogen-bond donors (Lipinski definition) is 2. The van der Waals surface area contributed by atoms with Crippen molar-refractivity contribution in [3.8, 4) is 0 Å². The van der Waals surface area contributed by atoms with Crippen molar-refractivity contribution < 1.29 is 18.7 Å². The molecule has 1 aromatic carbocycles. The molecular formula is C19H28FN3O3. The summed E-state index contributed by atoms with van der Waals surface area (Å²) in [7, 11) is 1.54. The van der Waals surface area contributed by atoms with Crippen molar-refractivity contribution in [3.63, 3.8) is 0 Å². The van der Waals surface area contributed by atoms with Crippen LogP contribution in [0.4, 0.5) is 4.39 Å². The van der Waals surface area contributed by atoms with Crippen molar-refractivity contribution in [3.05, 3.63) is 35.1 Å². The molecule has 1 aliphatic rings. The zero-order chi connectivity index (χ0) is 19.1. The molecule has 2 amide bonds. The van der Waals surface area contributed by atoms with Crippen LogP contribution in [0.5, 0.6) is 0 Å². The van der Waals surface area contributed by atoms with Crippen LogP contribution in [0, 0.1) is 18.7 Å². The maximum absolute atomic E-state index is 13.6. The first kappa shape index (κ1) is 20.3. The lowest BCUT2D eigenvalue weighted by atomic mass is 9.95. The highest BCUT2D eigenvalue weighted by atomic mass is 19.1. The van der Waals surface area contributed by atoms with Gasteiger partial charge in [-0.3, -0.25) is 9.59 Å². The van der Waals surface area contributed by atoms with Crippen LogP contribution >= 0.6 is 0 Å². The number of carbonyl (C=O) groups is 2. The van der Waals surface area contributed by atoms with Gasteiger partial charge in [-0.2, -0.15) is 0 Å². The van der Waals surface area contributed by atoms with Crippen LogP contribution in [0.2, 0.25) is 0 Å². The van der Waals surface area contributed by atoms with Gasteiger partial charge in [0, 0.05) is 39.2 Å². The third kappa shape index (κ3) is 5.51. The van der Waals surface area contributed by atoms with Gasteiger partial charge in [0.1, 0.15) is 5.82 Å². The lowest BCUT2D eigenvalue weighted by Crippen LogP contribution is -2.44. The maximum Gasteiger partial charge on any atom is 0.225 e. The summed E-state index contributed by atoms with van der Waals surface area (Å²) in [4.78, 5) is 26.3. The molecule has 1 heterocycles. The van der Waals surface area contributed by atoms with E-state index < -0.39 is 0 Å². The van der Waals surface area contributed by atoms with Crippen LogP contribution in [0.1, 0.15) is 30.4 Å². The number of halogens is 1. The Kier molecular flexibility index (Phi) is 7.53. The molecule has 0 radical (unpaired) electrons. The van der Waals surface area contributed by atoms with E-state index in [2.05, 4.69) is 5.32 Å². The maximum atomic E-state index is 13.6. The SMILES string of the molecule is COC(CN)CC(=O)N1CCC(C(=O)NCc2ccc(C)c(F)c2)CC1. The molecule has 1 fully saturated rings. The minimum atomic E-state index is -0.268. The lowest BCUT2D eigenvalue weighted by Gasteiger charge is -2.32. The normalized spacial score (nSPS) is 16.4. The Hall–Kier alpha value is -1.99. The molecule has 6 nitrogen and oxygen atoms in total. The monoisotopic (exact) mass is 365 g/mol. The summed E-state index contributed by atoms with van der Waals surface area (Å²) in [5.41, 5.74) is 6.87. The fraction of sp³-hybridized carbons (Fsp3) is 0.579. The molecule has 1 unspecified atom stereocenters. The molecule has 1 aliphatic heterocycles. The Morgan fingerprint density at radius 2 is 2.08 bits per heavy atom. The van der Waals surface area contributed by atoms with Gasteiger partial charge in [-0.15, -0.1) is 0 Å². The van der Waals surface area contributed by atoms with E-state index in [0.717, 1.165) is 5.56 Å². The quantitative estimate of drug-likeness (QED) is 0.764. The van der Waals surface area contributed by atoms with Gasteiger partial charge in [-0.05, 0) is 37.0 Å². The van der Waals surface area contributed by atoms with E-state index in [-0.39, 0.29) is 36.1 Å². The van der Waals surface area contributed by atoms with E-state index in [4.69, 9.17) is 10.5 Å². The van der Waals surface area contributed by atoms with Crippen molar-refractivity contribution in [2.45, 2.75) is 38.8 Å². The van der Waals surface area contributed by atoms with Crippen molar-refractivity contribution in [1.29, 1.82) is 0 Å². The van der Waals surface area contributed by atoms with E-state index in [1.165, 1.54) is 6.07 Å². The van der Waals surface area contributed by atoms with Gasteiger partial charge < -0.3 is 20.7 Å².